The Balaban J connectivity index is 1.84. The molecule has 0 aliphatic carbocycles. The summed E-state index contributed by atoms with van der Waals surface area (Å²) in [6.07, 6.45) is 1.72. The highest BCUT2D eigenvalue weighted by Crippen LogP contribution is 2.18. The van der Waals surface area contributed by atoms with Crippen LogP contribution in [-0.4, -0.2) is 17.4 Å². The summed E-state index contributed by atoms with van der Waals surface area (Å²) in [7, 11) is 0. The number of rotatable bonds is 5. The minimum atomic E-state index is -0.0432. The normalized spacial score (nSPS) is 10.1. The number of nitrogens with one attached hydrogen (secondary N) is 2. The zero-order valence-electron chi connectivity index (χ0n) is 11.8. The highest BCUT2D eigenvalue weighted by molar-refractivity contribution is 5.81. The molecular weight excluding hydrogens is 250 g/mol. The smallest absolute Gasteiger partial charge is 0.239 e. The number of benzene rings is 1. The molecule has 1 heterocycles. The van der Waals surface area contributed by atoms with Crippen LogP contribution in [0.1, 0.15) is 16.8 Å². The van der Waals surface area contributed by atoms with E-state index < -0.39 is 0 Å². The highest BCUT2D eigenvalue weighted by Gasteiger charge is 2.05. The quantitative estimate of drug-likeness (QED) is 0.876. The Morgan fingerprint density at radius 2 is 1.85 bits per heavy atom. The van der Waals surface area contributed by atoms with Gasteiger partial charge in [-0.25, -0.2) is 0 Å². The fourth-order valence-electron chi connectivity index (χ4n) is 2.02. The van der Waals surface area contributed by atoms with E-state index in [9.17, 15) is 4.79 Å². The molecule has 2 rings (SSSR count). The van der Waals surface area contributed by atoms with Gasteiger partial charge in [-0.3, -0.25) is 9.78 Å². The van der Waals surface area contributed by atoms with Crippen molar-refractivity contribution in [2.24, 2.45) is 0 Å². The van der Waals surface area contributed by atoms with Crippen molar-refractivity contribution in [1.82, 2.24) is 10.3 Å². The Hall–Kier alpha value is -2.36. The second-order valence-electron chi connectivity index (χ2n) is 4.72. The summed E-state index contributed by atoms with van der Waals surface area (Å²) in [4.78, 5) is 16.0. The first-order valence-corrected chi connectivity index (χ1v) is 6.63. The van der Waals surface area contributed by atoms with Crippen molar-refractivity contribution in [1.29, 1.82) is 0 Å². The lowest BCUT2D eigenvalue weighted by Crippen LogP contribution is -2.30. The number of hydrogen-bond donors (Lipinski definition) is 2. The number of para-hydroxylation sites is 1. The van der Waals surface area contributed by atoms with Crippen LogP contribution in [0.25, 0.3) is 0 Å². The molecule has 0 radical (unpaired) electrons. The maximum atomic E-state index is 11.8. The molecule has 20 heavy (non-hydrogen) atoms. The molecule has 0 fully saturated rings. The Labute approximate surface area is 119 Å². The minimum absolute atomic E-state index is 0.0432. The Morgan fingerprint density at radius 1 is 1.10 bits per heavy atom. The van der Waals surface area contributed by atoms with E-state index >= 15 is 0 Å². The molecule has 0 aliphatic heterocycles. The Morgan fingerprint density at radius 3 is 2.50 bits per heavy atom. The van der Waals surface area contributed by atoms with Gasteiger partial charge >= 0.3 is 0 Å². The number of aryl methyl sites for hydroxylation is 2. The fourth-order valence-corrected chi connectivity index (χ4v) is 2.02. The summed E-state index contributed by atoms with van der Waals surface area (Å²) < 4.78 is 0. The van der Waals surface area contributed by atoms with Gasteiger partial charge in [0.1, 0.15) is 0 Å². The molecule has 1 aromatic heterocycles. The van der Waals surface area contributed by atoms with Gasteiger partial charge in [0.15, 0.2) is 0 Å². The molecular formula is C16H19N3O. The van der Waals surface area contributed by atoms with Crippen LogP contribution in [0.2, 0.25) is 0 Å². The molecule has 1 aromatic carbocycles. The number of nitrogens with zero attached hydrogens (tertiary/aromatic N) is 1. The second-order valence-corrected chi connectivity index (χ2v) is 4.72. The van der Waals surface area contributed by atoms with E-state index in [2.05, 4.69) is 15.6 Å². The van der Waals surface area contributed by atoms with Gasteiger partial charge in [0.25, 0.3) is 0 Å². The van der Waals surface area contributed by atoms with Crippen LogP contribution in [0.5, 0.6) is 0 Å². The summed E-state index contributed by atoms with van der Waals surface area (Å²) in [6.45, 7) is 4.77. The summed E-state index contributed by atoms with van der Waals surface area (Å²) >= 11 is 0. The Kier molecular flexibility index (Phi) is 4.71. The molecule has 4 heteroatoms. The molecule has 0 saturated heterocycles. The lowest BCUT2D eigenvalue weighted by Gasteiger charge is -2.12. The fraction of sp³-hybridized carbons (Fsp3) is 0.250. The zero-order chi connectivity index (χ0) is 14.4. The van der Waals surface area contributed by atoms with E-state index in [-0.39, 0.29) is 12.5 Å². The van der Waals surface area contributed by atoms with E-state index in [1.54, 1.807) is 6.20 Å². The number of carbonyl (C=O) groups is 1. The van der Waals surface area contributed by atoms with Gasteiger partial charge in [0.05, 0.1) is 18.8 Å². The highest BCUT2D eigenvalue weighted by atomic mass is 16.1. The van der Waals surface area contributed by atoms with E-state index in [0.717, 1.165) is 22.5 Å². The Bertz CT molecular complexity index is 561. The standard InChI is InChI=1S/C16H19N3O/c1-12-6-5-7-13(2)16(12)19-11-15(20)18-10-14-8-3-4-9-17-14/h3-9,19H,10-11H2,1-2H3,(H,18,20). The van der Waals surface area contributed by atoms with Gasteiger partial charge in [-0.05, 0) is 37.1 Å². The van der Waals surface area contributed by atoms with Crippen LogP contribution in [-0.2, 0) is 11.3 Å². The predicted octanol–water partition coefficient (Wildman–Crippen LogP) is 2.43. The van der Waals surface area contributed by atoms with Crippen LogP contribution in [0.15, 0.2) is 42.6 Å². The van der Waals surface area contributed by atoms with Crippen molar-refractivity contribution < 1.29 is 4.79 Å². The third-order valence-electron chi connectivity index (χ3n) is 3.10. The molecule has 0 atom stereocenters. The maximum Gasteiger partial charge on any atom is 0.239 e. The van der Waals surface area contributed by atoms with Gasteiger partial charge < -0.3 is 10.6 Å². The number of pyridine rings is 1. The van der Waals surface area contributed by atoms with Crippen LogP contribution in [0.3, 0.4) is 0 Å². The monoisotopic (exact) mass is 269 g/mol. The zero-order valence-corrected chi connectivity index (χ0v) is 11.8. The van der Waals surface area contributed by atoms with E-state index in [1.165, 1.54) is 0 Å². The second kappa shape index (κ2) is 6.70. The van der Waals surface area contributed by atoms with E-state index in [4.69, 9.17) is 0 Å². The number of anilines is 1. The van der Waals surface area contributed by atoms with Crippen molar-refractivity contribution in [3.8, 4) is 0 Å². The van der Waals surface area contributed by atoms with Gasteiger partial charge in [0, 0.05) is 11.9 Å². The van der Waals surface area contributed by atoms with Crippen molar-refractivity contribution >= 4 is 11.6 Å². The largest absolute Gasteiger partial charge is 0.376 e. The average molecular weight is 269 g/mol. The van der Waals surface area contributed by atoms with Gasteiger partial charge in [-0.15, -0.1) is 0 Å². The molecule has 0 unspecified atom stereocenters. The number of carbonyl (C=O) groups excluding carboxylic acids is 1. The third kappa shape index (κ3) is 3.82. The third-order valence-corrected chi connectivity index (χ3v) is 3.10. The van der Waals surface area contributed by atoms with Crippen LogP contribution < -0.4 is 10.6 Å². The first-order valence-electron chi connectivity index (χ1n) is 6.63. The topological polar surface area (TPSA) is 54.0 Å². The first kappa shape index (κ1) is 14.1. The van der Waals surface area contributed by atoms with Gasteiger partial charge in [0.2, 0.25) is 5.91 Å². The van der Waals surface area contributed by atoms with Crippen LogP contribution in [0.4, 0.5) is 5.69 Å². The van der Waals surface area contributed by atoms with Crippen molar-refractivity contribution in [3.05, 3.63) is 59.4 Å². The van der Waals surface area contributed by atoms with Crippen LogP contribution >= 0.6 is 0 Å². The lowest BCUT2D eigenvalue weighted by atomic mass is 10.1. The van der Waals surface area contributed by atoms with E-state index in [0.29, 0.717) is 6.54 Å². The molecule has 0 saturated carbocycles. The molecule has 2 N–H and O–H groups in total. The molecule has 0 spiro atoms. The molecule has 1 amide bonds. The first-order chi connectivity index (χ1) is 9.66. The van der Waals surface area contributed by atoms with Crippen molar-refractivity contribution in [3.63, 3.8) is 0 Å². The lowest BCUT2D eigenvalue weighted by molar-refractivity contribution is -0.119. The van der Waals surface area contributed by atoms with E-state index in [1.807, 2.05) is 50.2 Å². The molecule has 0 bridgehead atoms. The summed E-state index contributed by atoms with van der Waals surface area (Å²) in [5.74, 6) is -0.0432. The predicted molar refractivity (Wildman–Crippen MR) is 80.5 cm³/mol. The van der Waals surface area contributed by atoms with Crippen molar-refractivity contribution in [2.75, 3.05) is 11.9 Å². The number of aromatic nitrogens is 1. The summed E-state index contributed by atoms with van der Waals surface area (Å²) in [5, 5.41) is 6.03. The van der Waals surface area contributed by atoms with Crippen molar-refractivity contribution in [2.45, 2.75) is 20.4 Å². The van der Waals surface area contributed by atoms with Gasteiger partial charge in [-0.1, -0.05) is 24.3 Å². The number of hydrogen-bond acceptors (Lipinski definition) is 3. The molecule has 104 valence electrons. The molecule has 0 aliphatic rings. The molecule has 2 aromatic rings. The van der Waals surface area contributed by atoms with Crippen LogP contribution in [0, 0.1) is 13.8 Å². The SMILES string of the molecule is Cc1cccc(C)c1NCC(=O)NCc1ccccn1. The summed E-state index contributed by atoms with van der Waals surface area (Å²) in [5.41, 5.74) is 4.17. The average Bonchev–Trinajstić information content (AvgIpc) is 2.46. The number of amides is 1. The molecule has 4 nitrogen and oxygen atoms in total. The van der Waals surface area contributed by atoms with Gasteiger partial charge in [-0.2, -0.15) is 0 Å². The minimum Gasteiger partial charge on any atom is -0.376 e. The maximum absolute atomic E-state index is 11.8. The summed E-state index contributed by atoms with van der Waals surface area (Å²) in [6, 6.07) is 11.7.